The number of carbonyl (C=O) groups excluding carboxylic acids is 1. The summed E-state index contributed by atoms with van der Waals surface area (Å²) in [5, 5.41) is 8.99. The van der Waals surface area contributed by atoms with Crippen molar-refractivity contribution in [2.24, 2.45) is 23.2 Å². The molecule has 6 heteroatoms. The second-order valence-corrected chi connectivity index (χ2v) is 9.43. The van der Waals surface area contributed by atoms with Gasteiger partial charge >= 0.3 is 0 Å². The van der Waals surface area contributed by atoms with Gasteiger partial charge in [0.05, 0.1) is 11.9 Å². The first kappa shape index (κ1) is 16.6. The van der Waals surface area contributed by atoms with Crippen LogP contribution in [0.5, 0.6) is 0 Å². The number of ether oxygens (including phenoxy) is 1. The van der Waals surface area contributed by atoms with Gasteiger partial charge in [-0.05, 0) is 63.2 Å². The molecule has 4 fully saturated rings. The Hall–Kier alpha value is -0.880. The van der Waals surface area contributed by atoms with E-state index in [2.05, 4.69) is 17.1 Å². The largest absolute Gasteiger partial charge is 0.383 e. The Kier molecular flexibility index (Phi) is 4.45. The zero-order valence-corrected chi connectivity index (χ0v) is 15.4. The number of carbonyl (C=O) groups is 1. The fourth-order valence-corrected chi connectivity index (χ4v) is 6.78. The lowest BCUT2D eigenvalue weighted by atomic mass is 9.48. The number of methoxy groups -OCH3 is 1. The third-order valence-electron chi connectivity index (χ3n) is 6.33. The van der Waals surface area contributed by atoms with Crippen LogP contribution < -0.4 is 0 Å². The summed E-state index contributed by atoms with van der Waals surface area (Å²) in [6.45, 7) is 3.41. The van der Waals surface area contributed by atoms with Gasteiger partial charge in [-0.3, -0.25) is 4.79 Å². The van der Waals surface area contributed by atoms with Crippen molar-refractivity contribution in [3.63, 3.8) is 0 Å². The lowest BCUT2D eigenvalue weighted by molar-refractivity contribution is -0.142. The molecule has 1 heterocycles. The minimum Gasteiger partial charge on any atom is -0.383 e. The summed E-state index contributed by atoms with van der Waals surface area (Å²) in [4.78, 5) is 13.3. The van der Waals surface area contributed by atoms with Crippen LogP contribution in [0.15, 0.2) is 11.5 Å². The van der Waals surface area contributed by atoms with Crippen molar-refractivity contribution in [2.45, 2.75) is 62.4 Å². The van der Waals surface area contributed by atoms with Crippen LogP contribution in [-0.2, 0) is 16.1 Å². The number of hydrogen-bond donors (Lipinski definition) is 0. The van der Waals surface area contributed by atoms with Crippen LogP contribution in [0.25, 0.3) is 0 Å². The zero-order valence-electron chi connectivity index (χ0n) is 14.6. The molecule has 1 aromatic heterocycles. The van der Waals surface area contributed by atoms with Gasteiger partial charge in [0, 0.05) is 19.1 Å². The van der Waals surface area contributed by atoms with Crippen molar-refractivity contribution in [1.29, 1.82) is 0 Å². The highest BCUT2D eigenvalue weighted by Crippen LogP contribution is 2.61. The fraction of sp³-hybridized carbons (Fsp3) is 0.833. The molecule has 0 radical (unpaired) electrons. The number of ketones is 1. The molecular weight excluding hydrogens is 322 g/mol. The van der Waals surface area contributed by atoms with Gasteiger partial charge in [-0.25, -0.2) is 0 Å². The molecule has 0 aliphatic heterocycles. The van der Waals surface area contributed by atoms with Crippen LogP contribution in [0.4, 0.5) is 0 Å². The monoisotopic (exact) mass is 349 g/mol. The molecule has 1 aromatic rings. The number of thioether (sulfide) groups is 1. The molecule has 24 heavy (non-hydrogen) atoms. The van der Waals surface area contributed by atoms with E-state index in [9.17, 15) is 4.79 Å². The predicted molar refractivity (Wildman–Crippen MR) is 92.8 cm³/mol. The minimum absolute atomic E-state index is 0.0292. The summed E-state index contributed by atoms with van der Waals surface area (Å²) in [6, 6.07) is 0. The van der Waals surface area contributed by atoms with Gasteiger partial charge in [0.15, 0.2) is 10.9 Å². The molecule has 0 amide bonds. The van der Waals surface area contributed by atoms with Crippen molar-refractivity contribution >= 4 is 17.5 Å². The van der Waals surface area contributed by atoms with Gasteiger partial charge in [-0.2, -0.15) is 0 Å². The highest BCUT2D eigenvalue weighted by atomic mass is 32.2. The molecule has 4 saturated carbocycles. The van der Waals surface area contributed by atoms with Crippen molar-refractivity contribution in [1.82, 2.24) is 14.8 Å². The Morgan fingerprint density at radius 3 is 2.54 bits per heavy atom. The molecule has 0 aromatic carbocycles. The Morgan fingerprint density at radius 2 is 1.96 bits per heavy atom. The van der Waals surface area contributed by atoms with Gasteiger partial charge in [-0.1, -0.05) is 11.8 Å². The van der Waals surface area contributed by atoms with Gasteiger partial charge in [-0.15, -0.1) is 10.2 Å². The average Bonchev–Trinajstić information content (AvgIpc) is 2.98. The van der Waals surface area contributed by atoms with Gasteiger partial charge < -0.3 is 9.30 Å². The van der Waals surface area contributed by atoms with Gasteiger partial charge in [0.25, 0.3) is 0 Å². The number of rotatable bonds is 7. The van der Waals surface area contributed by atoms with Crippen LogP contribution in [0.3, 0.4) is 0 Å². The normalized spacial score (nSPS) is 35.3. The molecule has 0 spiro atoms. The summed E-state index contributed by atoms with van der Waals surface area (Å²) in [5.41, 5.74) is -0.0292. The van der Waals surface area contributed by atoms with E-state index in [4.69, 9.17) is 4.74 Å². The standard InChI is InChI=1S/C18H27N3O2S/c1-12(24-17-20-19-11-21(17)3-4-23-2)16(22)18-8-13-5-14(9-18)7-15(6-13)10-18/h11-15H,3-10H2,1-2H3. The predicted octanol–water partition coefficient (Wildman–Crippen LogP) is 3.19. The fourth-order valence-electron chi connectivity index (χ4n) is 5.73. The van der Waals surface area contributed by atoms with E-state index < -0.39 is 0 Å². The second kappa shape index (κ2) is 6.45. The van der Waals surface area contributed by atoms with Crippen LogP contribution in [0.1, 0.15) is 45.4 Å². The third kappa shape index (κ3) is 2.92. The van der Waals surface area contributed by atoms with E-state index in [1.807, 2.05) is 4.57 Å². The number of aromatic nitrogens is 3. The van der Waals surface area contributed by atoms with E-state index in [0.29, 0.717) is 12.4 Å². The molecule has 4 aliphatic rings. The Balaban J connectivity index is 1.46. The Morgan fingerprint density at radius 1 is 1.33 bits per heavy atom. The van der Waals surface area contributed by atoms with Crippen LogP contribution >= 0.6 is 11.8 Å². The average molecular weight is 350 g/mol. The highest BCUT2D eigenvalue weighted by molar-refractivity contribution is 8.00. The molecule has 0 N–H and O–H groups in total. The van der Waals surface area contributed by atoms with E-state index >= 15 is 0 Å². The third-order valence-corrected chi connectivity index (χ3v) is 7.42. The molecule has 0 saturated heterocycles. The molecule has 1 atom stereocenters. The second-order valence-electron chi connectivity index (χ2n) is 8.12. The molecule has 5 nitrogen and oxygen atoms in total. The smallest absolute Gasteiger partial charge is 0.191 e. The minimum atomic E-state index is -0.0493. The Bertz CT molecular complexity index is 580. The molecule has 1 unspecified atom stereocenters. The van der Waals surface area contributed by atoms with E-state index in [-0.39, 0.29) is 10.7 Å². The first-order chi connectivity index (χ1) is 11.6. The topological polar surface area (TPSA) is 57.0 Å². The maximum Gasteiger partial charge on any atom is 0.191 e. The first-order valence-corrected chi connectivity index (χ1v) is 10.1. The maximum atomic E-state index is 13.3. The Labute approximate surface area is 147 Å². The van der Waals surface area contributed by atoms with Gasteiger partial charge in [0.2, 0.25) is 0 Å². The summed E-state index contributed by atoms with van der Waals surface area (Å²) >= 11 is 1.57. The van der Waals surface area contributed by atoms with Crippen LogP contribution in [-0.4, -0.2) is 39.5 Å². The quantitative estimate of drug-likeness (QED) is 0.708. The number of hydrogen-bond acceptors (Lipinski definition) is 5. The van der Waals surface area contributed by atoms with Crippen LogP contribution in [0.2, 0.25) is 0 Å². The summed E-state index contributed by atoms with van der Waals surface area (Å²) in [7, 11) is 1.69. The highest BCUT2D eigenvalue weighted by Gasteiger charge is 2.55. The molecule has 132 valence electrons. The van der Waals surface area contributed by atoms with E-state index in [1.165, 1.54) is 19.3 Å². The zero-order chi connectivity index (χ0) is 16.7. The number of Topliss-reactive ketones (excluding diaryl/α,β-unsaturated/α-hetero) is 1. The first-order valence-electron chi connectivity index (χ1n) is 9.17. The lowest BCUT2D eigenvalue weighted by Crippen LogP contribution is -2.51. The van der Waals surface area contributed by atoms with Crippen molar-refractivity contribution in [3.05, 3.63) is 6.33 Å². The van der Waals surface area contributed by atoms with Crippen LogP contribution in [0, 0.1) is 23.2 Å². The van der Waals surface area contributed by atoms with E-state index in [1.54, 1.807) is 25.2 Å². The molecule has 4 bridgehead atoms. The van der Waals surface area contributed by atoms with Crippen molar-refractivity contribution < 1.29 is 9.53 Å². The summed E-state index contributed by atoms with van der Waals surface area (Å²) < 4.78 is 7.12. The summed E-state index contributed by atoms with van der Waals surface area (Å²) in [6.07, 6.45) is 9.26. The molecule has 4 aliphatic carbocycles. The van der Waals surface area contributed by atoms with Crippen molar-refractivity contribution in [2.75, 3.05) is 13.7 Å². The van der Waals surface area contributed by atoms with Gasteiger partial charge in [0.1, 0.15) is 6.33 Å². The summed E-state index contributed by atoms with van der Waals surface area (Å²) in [5.74, 6) is 2.89. The molecule has 5 rings (SSSR count). The maximum absolute atomic E-state index is 13.3. The number of nitrogens with zero attached hydrogens (tertiary/aromatic N) is 3. The molecular formula is C18H27N3O2S. The van der Waals surface area contributed by atoms with Crippen molar-refractivity contribution in [3.8, 4) is 0 Å². The lowest BCUT2D eigenvalue weighted by Gasteiger charge is -2.56. The SMILES string of the molecule is COCCn1cnnc1SC(C)C(=O)C12CC3CC(CC(C3)C1)C2. The van der Waals surface area contributed by atoms with E-state index in [0.717, 1.165) is 48.7 Å².